The highest BCUT2D eigenvalue weighted by Crippen LogP contribution is 2.26. The molecule has 0 N–H and O–H groups in total. The second-order valence-electron chi connectivity index (χ2n) is 5.54. The van der Waals surface area contributed by atoms with Gasteiger partial charge in [0.25, 0.3) is 0 Å². The van der Waals surface area contributed by atoms with E-state index in [1.165, 1.54) is 13.2 Å². The van der Waals surface area contributed by atoms with E-state index in [0.717, 1.165) is 16.5 Å². The van der Waals surface area contributed by atoms with Crippen LogP contribution < -0.4 is 14.2 Å². The molecule has 1 aromatic heterocycles. The summed E-state index contributed by atoms with van der Waals surface area (Å²) < 4.78 is 15.8. The number of ether oxygens (including phenoxy) is 3. The van der Waals surface area contributed by atoms with Crippen molar-refractivity contribution in [1.29, 1.82) is 0 Å². The first kappa shape index (κ1) is 17.5. The summed E-state index contributed by atoms with van der Waals surface area (Å²) in [4.78, 5) is 17.1. The summed E-state index contributed by atoms with van der Waals surface area (Å²) in [7, 11) is 4.64. The number of hydrogen-bond donors (Lipinski definition) is 0. The summed E-state index contributed by atoms with van der Waals surface area (Å²) in [5.41, 5.74) is 1.99. The van der Waals surface area contributed by atoms with Crippen LogP contribution in [0.3, 0.4) is 0 Å². The van der Waals surface area contributed by atoms with E-state index in [-0.39, 0.29) is 5.78 Å². The number of carbonyl (C=O) groups is 1. The fourth-order valence-corrected chi connectivity index (χ4v) is 2.66. The molecule has 3 aromatic rings. The summed E-state index contributed by atoms with van der Waals surface area (Å²) in [5, 5.41) is 0.972. The number of fused-ring (bicyclic) bond motifs is 1. The number of allylic oxidation sites excluding steroid dienone is 1. The van der Waals surface area contributed by atoms with Crippen molar-refractivity contribution < 1.29 is 19.0 Å². The first-order chi connectivity index (χ1) is 12.7. The zero-order valence-corrected chi connectivity index (χ0v) is 14.9. The minimum Gasteiger partial charge on any atom is -0.497 e. The van der Waals surface area contributed by atoms with Crippen molar-refractivity contribution in [3.63, 3.8) is 0 Å². The standard InChI is InChI=1S/C21H19NO4/c1-24-16-9-11-20(25-2)17(13-16)19(23)10-8-15-12-14-6-4-5-7-18(14)22-21(15)26-3/h4-13H,1-3H3. The van der Waals surface area contributed by atoms with Crippen molar-refractivity contribution in [1.82, 2.24) is 4.98 Å². The second-order valence-corrected chi connectivity index (χ2v) is 5.54. The molecular formula is C21H19NO4. The monoisotopic (exact) mass is 349 g/mol. The van der Waals surface area contributed by atoms with Crippen molar-refractivity contribution in [3.05, 3.63) is 65.7 Å². The van der Waals surface area contributed by atoms with Crippen molar-refractivity contribution >= 4 is 22.8 Å². The molecule has 2 aromatic carbocycles. The lowest BCUT2D eigenvalue weighted by molar-refractivity contribution is 0.104. The summed E-state index contributed by atoms with van der Waals surface area (Å²) in [6.07, 6.45) is 3.17. The molecule has 0 fully saturated rings. The lowest BCUT2D eigenvalue weighted by Crippen LogP contribution is -2.00. The van der Waals surface area contributed by atoms with Crippen LogP contribution in [0.2, 0.25) is 0 Å². The molecular weight excluding hydrogens is 330 g/mol. The molecule has 132 valence electrons. The van der Waals surface area contributed by atoms with Gasteiger partial charge in [0.1, 0.15) is 11.5 Å². The molecule has 0 atom stereocenters. The van der Waals surface area contributed by atoms with Gasteiger partial charge in [0.05, 0.1) is 32.4 Å². The Morgan fingerprint density at radius 3 is 2.50 bits per heavy atom. The van der Waals surface area contributed by atoms with Gasteiger partial charge >= 0.3 is 0 Å². The van der Waals surface area contributed by atoms with E-state index >= 15 is 0 Å². The predicted molar refractivity (Wildman–Crippen MR) is 101 cm³/mol. The fraction of sp³-hybridized carbons (Fsp3) is 0.143. The average molecular weight is 349 g/mol. The van der Waals surface area contributed by atoms with Crippen LogP contribution in [0.4, 0.5) is 0 Å². The Morgan fingerprint density at radius 1 is 0.962 bits per heavy atom. The summed E-state index contributed by atoms with van der Waals surface area (Å²) in [5.74, 6) is 1.35. The molecule has 5 heteroatoms. The number of benzene rings is 2. The molecule has 5 nitrogen and oxygen atoms in total. The number of ketones is 1. The number of methoxy groups -OCH3 is 3. The Morgan fingerprint density at radius 2 is 1.77 bits per heavy atom. The Labute approximate surface area is 151 Å². The Kier molecular flexibility index (Phi) is 5.17. The van der Waals surface area contributed by atoms with Gasteiger partial charge < -0.3 is 14.2 Å². The van der Waals surface area contributed by atoms with Gasteiger partial charge in [-0.3, -0.25) is 4.79 Å². The lowest BCUT2D eigenvalue weighted by Gasteiger charge is -2.08. The van der Waals surface area contributed by atoms with Gasteiger partial charge in [-0.2, -0.15) is 0 Å². The highest BCUT2D eigenvalue weighted by molar-refractivity contribution is 6.09. The SMILES string of the molecule is COc1ccc(OC)c(C(=O)C=Cc2cc3ccccc3nc2OC)c1. The maximum Gasteiger partial charge on any atom is 0.221 e. The van der Waals surface area contributed by atoms with Gasteiger partial charge in [-0.1, -0.05) is 18.2 Å². The highest BCUT2D eigenvalue weighted by Gasteiger charge is 2.12. The van der Waals surface area contributed by atoms with Gasteiger partial charge in [0, 0.05) is 10.9 Å². The van der Waals surface area contributed by atoms with Crippen molar-refractivity contribution in [2.24, 2.45) is 0 Å². The van der Waals surface area contributed by atoms with Crippen LogP contribution in [-0.2, 0) is 0 Å². The van der Waals surface area contributed by atoms with E-state index in [4.69, 9.17) is 14.2 Å². The largest absolute Gasteiger partial charge is 0.497 e. The number of rotatable bonds is 6. The molecule has 0 aliphatic heterocycles. The van der Waals surface area contributed by atoms with E-state index in [1.807, 2.05) is 30.3 Å². The quantitative estimate of drug-likeness (QED) is 0.494. The van der Waals surface area contributed by atoms with Gasteiger partial charge in [-0.25, -0.2) is 4.98 Å². The Hall–Kier alpha value is -3.34. The third kappa shape index (κ3) is 3.52. The molecule has 1 heterocycles. The zero-order chi connectivity index (χ0) is 18.5. The van der Waals surface area contributed by atoms with Crippen LogP contribution in [0, 0.1) is 0 Å². The maximum absolute atomic E-state index is 12.6. The van der Waals surface area contributed by atoms with Crippen LogP contribution in [0.25, 0.3) is 17.0 Å². The van der Waals surface area contributed by atoms with Crippen molar-refractivity contribution in [3.8, 4) is 17.4 Å². The highest BCUT2D eigenvalue weighted by atomic mass is 16.5. The average Bonchev–Trinajstić information content (AvgIpc) is 2.70. The third-order valence-corrected chi connectivity index (χ3v) is 4.00. The summed E-state index contributed by atoms with van der Waals surface area (Å²) in [6, 6.07) is 14.8. The topological polar surface area (TPSA) is 57.7 Å². The maximum atomic E-state index is 12.6. The van der Waals surface area contributed by atoms with E-state index in [2.05, 4.69) is 4.98 Å². The summed E-state index contributed by atoms with van der Waals surface area (Å²) >= 11 is 0. The molecule has 0 radical (unpaired) electrons. The molecule has 0 saturated heterocycles. The Bertz CT molecular complexity index is 979. The molecule has 0 aliphatic rings. The number of pyridine rings is 1. The normalized spacial score (nSPS) is 10.9. The van der Waals surface area contributed by atoms with Crippen LogP contribution in [0.15, 0.2) is 54.6 Å². The van der Waals surface area contributed by atoms with Gasteiger partial charge in [-0.05, 0) is 42.5 Å². The van der Waals surface area contributed by atoms with Crippen LogP contribution >= 0.6 is 0 Å². The molecule has 0 amide bonds. The third-order valence-electron chi connectivity index (χ3n) is 4.00. The summed E-state index contributed by atoms with van der Waals surface area (Å²) in [6.45, 7) is 0. The molecule has 3 rings (SSSR count). The van der Waals surface area contributed by atoms with E-state index < -0.39 is 0 Å². The van der Waals surface area contributed by atoms with E-state index in [1.54, 1.807) is 38.5 Å². The van der Waals surface area contributed by atoms with Crippen molar-refractivity contribution in [2.75, 3.05) is 21.3 Å². The Balaban J connectivity index is 1.97. The van der Waals surface area contributed by atoms with E-state index in [9.17, 15) is 4.79 Å². The number of aromatic nitrogens is 1. The first-order valence-electron chi connectivity index (χ1n) is 8.04. The molecule has 26 heavy (non-hydrogen) atoms. The van der Waals surface area contributed by atoms with Crippen LogP contribution in [0.1, 0.15) is 15.9 Å². The van der Waals surface area contributed by atoms with E-state index in [0.29, 0.717) is 22.9 Å². The number of hydrogen-bond acceptors (Lipinski definition) is 5. The van der Waals surface area contributed by atoms with Crippen LogP contribution in [-0.4, -0.2) is 32.1 Å². The van der Waals surface area contributed by atoms with Crippen LogP contribution in [0.5, 0.6) is 17.4 Å². The predicted octanol–water partition coefficient (Wildman–Crippen LogP) is 4.16. The zero-order valence-electron chi connectivity index (χ0n) is 14.9. The molecule has 0 saturated carbocycles. The number of nitrogens with zero attached hydrogens (tertiary/aromatic N) is 1. The van der Waals surface area contributed by atoms with Crippen molar-refractivity contribution in [2.45, 2.75) is 0 Å². The van der Waals surface area contributed by atoms with Gasteiger partial charge in [0.15, 0.2) is 5.78 Å². The molecule has 0 unspecified atom stereocenters. The fourth-order valence-electron chi connectivity index (χ4n) is 2.66. The lowest BCUT2D eigenvalue weighted by atomic mass is 10.1. The molecule has 0 bridgehead atoms. The van der Waals surface area contributed by atoms with Gasteiger partial charge in [-0.15, -0.1) is 0 Å². The first-order valence-corrected chi connectivity index (χ1v) is 8.04. The minimum atomic E-state index is -0.198. The number of para-hydroxylation sites is 1. The second kappa shape index (κ2) is 7.70. The minimum absolute atomic E-state index is 0.198. The molecule has 0 aliphatic carbocycles. The number of carbonyl (C=O) groups excluding carboxylic acids is 1. The smallest absolute Gasteiger partial charge is 0.221 e. The molecule has 0 spiro atoms. The van der Waals surface area contributed by atoms with Gasteiger partial charge in [0.2, 0.25) is 5.88 Å².